The second kappa shape index (κ2) is 1.67. The Morgan fingerprint density at radius 3 is 1.55 bits per heavy atom. The van der Waals surface area contributed by atoms with Gasteiger partial charge in [-0.25, -0.2) is 0 Å². The monoisotopic (exact) mass is 152 g/mol. The lowest BCUT2D eigenvalue weighted by Crippen LogP contribution is -2.07. The normalized spacial score (nSPS) is 59.2. The summed E-state index contributed by atoms with van der Waals surface area (Å²) in [6.07, 6.45) is 1.49. The third kappa shape index (κ3) is 0.666. The van der Waals surface area contributed by atoms with E-state index in [0.29, 0.717) is 10.8 Å². The minimum Gasteiger partial charge on any atom is -0.0622 e. The van der Waals surface area contributed by atoms with Crippen molar-refractivity contribution < 1.29 is 0 Å². The van der Waals surface area contributed by atoms with Crippen LogP contribution in [0.2, 0.25) is 0 Å². The Morgan fingerprint density at radius 1 is 1.09 bits per heavy atom. The van der Waals surface area contributed by atoms with Gasteiger partial charge in [-0.2, -0.15) is 0 Å². The van der Waals surface area contributed by atoms with Crippen LogP contribution in [0.15, 0.2) is 0 Å². The van der Waals surface area contributed by atoms with Crippen LogP contribution in [0.1, 0.15) is 41.0 Å². The molecule has 0 aliphatic heterocycles. The van der Waals surface area contributed by atoms with Gasteiger partial charge >= 0.3 is 0 Å². The van der Waals surface area contributed by atoms with Crippen molar-refractivity contribution in [3.8, 4) is 0 Å². The van der Waals surface area contributed by atoms with E-state index in [2.05, 4.69) is 34.6 Å². The maximum absolute atomic E-state index is 2.49. The molecular formula is C11H20. The zero-order valence-corrected chi connectivity index (χ0v) is 8.44. The first kappa shape index (κ1) is 7.64. The summed E-state index contributed by atoms with van der Waals surface area (Å²) in [4.78, 5) is 0. The van der Waals surface area contributed by atoms with Crippen molar-refractivity contribution in [1.82, 2.24) is 0 Å². The maximum Gasteiger partial charge on any atom is -0.0210 e. The molecule has 2 aliphatic rings. The highest BCUT2D eigenvalue weighted by atomic mass is 14.8. The molecule has 0 saturated heterocycles. The summed E-state index contributed by atoms with van der Waals surface area (Å²) in [7, 11) is 0. The summed E-state index contributed by atoms with van der Waals surface area (Å²) in [5, 5.41) is 0. The number of hydrogen-bond acceptors (Lipinski definition) is 0. The van der Waals surface area contributed by atoms with Crippen molar-refractivity contribution in [2.45, 2.75) is 41.0 Å². The topological polar surface area (TPSA) is 0 Å². The van der Waals surface area contributed by atoms with E-state index in [1.54, 1.807) is 0 Å². The van der Waals surface area contributed by atoms with Crippen LogP contribution < -0.4 is 0 Å². The van der Waals surface area contributed by atoms with E-state index in [0.717, 1.165) is 17.8 Å². The van der Waals surface area contributed by atoms with Gasteiger partial charge in [0.05, 0.1) is 0 Å². The van der Waals surface area contributed by atoms with Crippen LogP contribution in [-0.4, -0.2) is 0 Å². The quantitative estimate of drug-likeness (QED) is 0.540. The molecule has 0 radical (unpaired) electrons. The molecule has 2 fully saturated rings. The molecule has 4 unspecified atom stereocenters. The Labute approximate surface area is 70.4 Å². The summed E-state index contributed by atoms with van der Waals surface area (Å²) in [6.45, 7) is 12.2. The average Bonchev–Trinajstić information content (AvgIpc) is 2.71. The zero-order valence-electron chi connectivity index (χ0n) is 8.44. The van der Waals surface area contributed by atoms with Crippen molar-refractivity contribution in [1.29, 1.82) is 0 Å². The maximum atomic E-state index is 2.49. The van der Waals surface area contributed by atoms with E-state index in [-0.39, 0.29) is 0 Å². The molecule has 2 rings (SSSR count). The third-order valence-electron chi connectivity index (χ3n) is 5.17. The molecule has 0 nitrogen and oxygen atoms in total. The molecule has 0 bridgehead atoms. The van der Waals surface area contributed by atoms with Gasteiger partial charge in [-0.3, -0.25) is 0 Å². The number of rotatable bonds is 1. The van der Waals surface area contributed by atoms with Crippen LogP contribution >= 0.6 is 0 Å². The van der Waals surface area contributed by atoms with Gasteiger partial charge in [-0.1, -0.05) is 34.6 Å². The highest BCUT2D eigenvalue weighted by molar-refractivity contribution is 5.19. The predicted molar refractivity (Wildman–Crippen MR) is 48.3 cm³/mol. The van der Waals surface area contributed by atoms with E-state index in [1.165, 1.54) is 6.42 Å². The van der Waals surface area contributed by atoms with Crippen LogP contribution in [0.5, 0.6) is 0 Å². The van der Waals surface area contributed by atoms with Crippen molar-refractivity contribution in [3.63, 3.8) is 0 Å². The van der Waals surface area contributed by atoms with Crippen molar-refractivity contribution in [2.24, 2.45) is 28.6 Å². The highest BCUT2D eigenvalue weighted by Crippen LogP contribution is 2.77. The lowest BCUT2D eigenvalue weighted by Gasteiger charge is -2.13. The molecule has 4 atom stereocenters. The van der Waals surface area contributed by atoms with Crippen molar-refractivity contribution in [3.05, 3.63) is 0 Å². The molecule has 0 aromatic carbocycles. The van der Waals surface area contributed by atoms with Gasteiger partial charge in [-0.05, 0) is 35.0 Å². The largest absolute Gasteiger partial charge is 0.0622 e. The Hall–Kier alpha value is 0. The highest BCUT2D eigenvalue weighted by Gasteiger charge is 2.71. The lowest BCUT2D eigenvalue weighted by molar-refractivity contribution is 0.351. The summed E-state index contributed by atoms with van der Waals surface area (Å²) in [6, 6.07) is 0. The fourth-order valence-electron chi connectivity index (χ4n) is 3.27. The van der Waals surface area contributed by atoms with Gasteiger partial charge in [0.1, 0.15) is 0 Å². The lowest BCUT2D eigenvalue weighted by atomic mass is 9.92. The van der Waals surface area contributed by atoms with Gasteiger partial charge in [0, 0.05) is 0 Å². The van der Waals surface area contributed by atoms with Gasteiger partial charge in [0.15, 0.2) is 0 Å². The Kier molecular flexibility index (Phi) is 1.16. The van der Waals surface area contributed by atoms with E-state index >= 15 is 0 Å². The second-order valence-corrected chi connectivity index (χ2v) is 5.55. The molecule has 0 heterocycles. The third-order valence-corrected chi connectivity index (χ3v) is 5.17. The van der Waals surface area contributed by atoms with E-state index in [4.69, 9.17) is 0 Å². The van der Waals surface area contributed by atoms with Crippen LogP contribution in [0, 0.1) is 28.6 Å². The molecule has 0 spiro atoms. The molecule has 0 heteroatoms. The standard InChI is InChI=1S/C11H20/c1-7-6-9(7)11(5)8(2)10(11,3)4/h7-9H,6H2,1-5H3. The molecule has 0 N–H and O–H groups in total. The molecule has 2 saturated carbocycles. The summed E-state index contributed by atoms with van der Waals surface area (Å²) in [5.41, 5.74) is 1.31. The first-order valence-electron chi connectivity index (χ1n) is 4.92. The molecular weight excluding hydrogens is 132 g/mol. The Bertz CT molecular complexity index is 192. The van der Waals surface area contributed by atoms with Gasteiger partial charge in [0.25, 0.3) is 0 Å². The van der Waals surface area contributed by atoms with Gasteiger partial charge < -0.3 is 0 Å². The van der Waals surface area contributed by atoms with Crippen LogP contribution in [-0.2, 0) is 0 Å². The summed E-state index contributed by atoms with van der Waals surface area (Å²) in [5.74, 6) is 3.02. The van der Waals surface area contributed by atoms with Crippen molar-refractivity contribution >= 4 is 0 Å². The SMILES string of the molecule is CC1CC1C1(C)C(C)C1(C)C. The molecule has 0 aromatic rings. The predicted octanol–water partition coefficient (Wildman–Crippen LogP) is 3.32. The molecule has 64 valence electrons. The smallest absolute Gasteiger partial charge is 0.0210 e. The van der Waals surface area contributed by atoms with E-state index in [9.17, 15) is 0 Å². The van der Waals surface area contributed by atoms with Crippen LogP contribution in [0.4, 0.5) is 0 Å². The molecule has 0 aromatic heterocycles. The summed E-state index contributed by atoms with van der Waals surface area (Å²) >= 11 is 0. The van der Waals surface area contributed by atoms with Gasteiger partial charge in [-0.15, -0.1) is 0 Å². The second-order valence-electron chi connectivity index (χ2n) is 5.55. The summed E-state index contributed by atoms with van der Waals surface area (Å²) < 4.78 is 0. The van der Waals surface area contributed by atoms with Crippen molar-refractivity contribution in [2.75, 3.05) is 0 Å². The molecule has 2 aliphatic carbocycles. The zero-order chi connectivity index (χ0) is 8.44. The van der Waals surface area contributed by atoms with Crippen LogP contribution in [0.3, 0.4) is 0 Å². The minimum absolute atomic E-state index is 0.627. The fraction of sp³-hybridized carbons (Fsp3) is 1.00. The fourth-order valence-corrected chi connectivity index (χ4v) is 3.27. The molecule has 11 heavy (non-hydrogen) atoms. The number of hydrogen-bond donors (Lipinski definition) is 0. The molecule has 0 amide bonds. The van der Waals surface area contributed by atoms with E-state index in [1.807, 2.05) is 0 Å². The average molecular weight is 152 g/mol. The Morgan fingerprint density at radius 2 is 1.45 bits per heavy atom. The minimum atomic E-state index is 0.627. The first-order valence-corrected chi connectivity index (χ1v) is 4.92. The van der Waals surface area contributed by atoms with Gasteiger partial charge in [0.2, 0.25) is 0 Å². The first-order chi connectivity index (χ1) is 4.92. The van der Waals surface area contributed by atoms with Crippen LogP contribution in [0.25, 0.3) is 0 Å². The Balaban J connectivity index is 2.15. The van der Waals surface area contributed by atoms with E-state index < -0.39 is 0 Å².